The topological polar surface area (TPSA) is 38.0 Å². The standard InChI is InChI=1S/C13H13IN2/c1-9-8-10(14)2-7-13(9)16-12-5-3-11(15)4-6-12/h2-8,16H,15H2,1H3. The van der Waals surface area contributed by atoms with E-state index in [0.29, 0.717) is 0 Å². The fraction of sp³-hybridized carbons (Fsp3) is 0.0769. The molecule has 0 aliphatic carbocycles. The van der Waals surface area contributed by atoms with Crippen LogP contribution in [0.1, 0.15) is 5.56 Å². The van der Waals surface area contributed by atoms with Crippen LogP contribution in [0.15, 0.2) is 42.5 Å². The highest BCUT2D eigenvalue weighted by Crippen LogP contribution is 2.22. The molecule has 2 nitrogen and oxygen atoms in total. The lowest BCUT2D eigenvalue weighted by molar-refractivity contribution is 1.41. The molecule has 0 aromatic heterocycles. The van der Waals surface area contributed by atoms with Crippen LogP contribution in [-0.4, -0.2) is 0 Å². The summed E-state index contributed by atoms with van der Waals surface area (Å²) >= 11 is 2.31. The molecule has 0 atom stereocenters. The van der Waals surface area contributed by atoms with Crippen molar-refractivity contribution >= 4 is 39.7 Å². The van der Waals surface area contributed by atoms with Crippen LogP contribution in [0.3, 0.4) is 0 Å². The number of rotatable bonds is 2. The van der Waals surface area contributed by atoms with Crippen molar-refractivity contribution in [2.24, 2.45) is 0 Å². The third-order valence-corrected chi connectivity index (χ3v) is 3.05. The van der Waals surface area contributed by atoms with Crippen LogP contribution >= 0.6 is 22.6 Å². The third-order valence-electron chi connectivity index (χ3n) is 2.38. The first-order valence-corrected chi connectivity index (χ1v) is 6.12. The van der Waals surface area contributed by atoms with Crippen LogP contribution in [-0.2, 0) is 0 Å². The molecule has 2 aromatic carbocycles. The predicted molar refractivity (Wildman–Crippen MR) is 78.0 cm³/mol. The van der Waals surface area contributed by atoms with Gasteiger partial charge in [0.25, 0.3) is 0 Å². The van der Waals surface area contributed by atoms with E-state index in [1.54, 1.807) is 0 Å². The minimum atomic E-state index is 0.782. The van der Waals surface area contributed by atoms with Gasteiger partial charge in [-0.15, -0.1) is 0 Å². The zero-order valence-electron chi connectivity index (χ0n) is 9.00. The number of halogens is 1. The molecule has 0 heterocycles. The summed E-state index contributed by atoms with van der Waals surface area (Å²) in [6.45, 7) is 2.10. The third kappa shape index (κ3) is 2.66. The number of nitrogen functional groups attached to an aromatic ring is 1. The molecule has 0 unspecified atom stereocenters. The Morgan fingerprint density at radius 3 is 2.38 bits per heavy atom. The number of hydrogen-bond acceptors (Lipinski definition) is 2. The van der Waals surface area contributed by atoms with Crippen LogP contribution in [0.5, 0.6) is 0 Å². The molecular weight excluding hydrogens is 311 g/mol. The van der Waals surface area contributed by atoms with E-state index in [1.807, 2.05) is 24.3 Å². The number of benzene rings is 2. The summed E-state index contributed by atoms with van der Waals surface area (Å²) in [5.74, 6) is 0. The Morgan fingerprint density at radius 1 is 1.06 bits per heavy atom. The van der Waals surface area contributed by atoms with Gasteiger partial charge in [-0.2, -0.15) is 0 Å². The van der Waals surface area contributed by atoms with Crippen LogP contribution in [0.25, 0.3) is 0 Å². The Morgan fingerprint density at radius 2 is 1.75 bits per heavy atom. The van der Waals surface area contributed by atoms with Gasteiger partial charge in [-0.1, -0.05) is 0 Å². The Bertz CT molecular complexity index is 492. The van der Waals surface area contributed by atoms with E-state index in [-0.39, 0.29) is 0 Å². The molecule has 0 saturated carbocycles. The molecule has 3 heteroatoms. The van der Waals surface area contributed by atoms with Crippen molar-refractivity contribution < 1.29 is 0 Å². The minimum Gasteiger partial charge on any atom is -0.399 e. The van der Waals surface area contributed by atoms with Gasteiger partial charge < -0.3 is 11.1 Å². The van der Waals surface area contributed by atoms with Gasteiger partial charge in [-0.3, -0.25) is 0 Å². The largest absolute Gasteiger partial charge is 0.399 e. The van der Waals surface area contributed by atoms with Gasteiger partial charge >= 0.3 is 0 Å². The number of nitrogens with two attached hydrogens (primary N) is 1. The van der Waals surface area contributed by atoms with Crippen molar-refractivity contribution in [2.45, 2.75) is 6.92 Å². The molecule has 82 valence electrons. The summed E-state index contributed by atoms with van der Waals surface area (Å²) < 4.78 is 1.25. The van der Waals surface area contributed by atoms with Gasteiger partial charge in [0, 0.05) is 20.6 Å². The molecule has 0 amide bonds. The summed E-state index contributed by atoms with van der Waals surface area (Å²) in [6, 6.07) is 14.1. The second-order valence-electron chi connectivity index (χ2n) is 3.71. The summed E-state index contributed by atoms with van der Waals surface area (Å²) in [5, 5.41) is 3.37. The fourth-order valence-electron chi connectivity index (χ4n) is 1.49. The highest BCUT2D eigenvalue weighted by molar-refractivity contribution is 14.1. The molecule has 2 aromatic rings. The SMILES string of the molecule is Cc1cc(I)ccc1Nc1ccc(N)cc1. The first kappa shape index (κ1) is 11.3. The van der Waals surface area contributed by atoms with Crippen LogP contribution in [0, 0.1) is 10.5 Å². The first-order chi connectivity index (χ1) is 7.65. The van der Waals surface area contributed by atoms with Gasteiger partial charge in [-0.05, 0) is 77.5 Å². The minimum absolute atomic E-state index is 0.782. The molecule has 0 aliphatic rings. The second kappa shape index (κ2) is 4.74. The van der Waals surface area contributed by atoms with Gasteiger partial charge in [0.1, 0.15) is 0 Å². The molecule has 0 bridgehead atoms. The Balaban J connectivity index is 2.23. The molecule has 3 N–H and O–H groups in total. The van der Waals surface area contributed by atoms with Gasteiger partial charge in [0.05, 0.1) is 0 Å². The van der Waals surface area contributed by atoms with E-state index in [9.17, 15) is 0 Å². The summed E-state index contributed by atoms with van der Waals surface area (Å²) in [5.41, 5.74) is 9.85. The van der Waals surface area contributed by atoms with Gasteiger partial charge in [0.15, 0.2) is 0 Å². The Hall–Kier alpha value is -1.23. The van der Waals surface area contributed by atoms with E-state index in [0.717, 1.165) is 17.1 Å². The number of hydrogen-bond donors (Lipinski definition) is 2. The number of nitrogens with one attached hydrogen (secondary N) is 1. The van der Waals surface area contributed by atoms with Crippen molar-refractivity contribution in [3.05, 3.63) is 51.6 Å². The average molecular weight is 324 g/mol. The maximum absolute atomic E-state index is 5.64. The van der Waals surface area contributed by atoms with Crippen molar-refractivity contribution in [2.75, 3.05) is 11.1 Å². The first-order valence-electron chi connectivity index (χ1n) is 5.04. The molecule has 0 saturated heterocycles. The normalized spacial score (nSPS) is 10.1. The van der Waals surface area contributed by atoms with Gasteiger partial charge in [0.2, 0.25) is 0 Å². The zero-order valence-corrected chi connectivity index (χ0v) is 11.2. The second-order valence-corrected chi connectivity index (χ2v) is 4.95. The van der Waals surface area contributed by atoms with Crippen LogP contribution < -0.4 is 11.1 Å². The summed E-state index contributed by atoms with van der Waals surface area (Å²) in [4.78, 5) is 0. The van der Waals surface area contributed by atoms with Crippen molar-refractivity contribution in [3.63, 3.8) is 0 Å². The maximum Gasteiger partial charge on any atom is 0.0414 e. The maximum atomic E-state index is 5.64. The lowest BCUT2D eigenvalue weighted by Gasteiger charge is -2.10. The predicted octanol–water partition coefficient (Wildman–Crippen LogP) is 3.93. The average Bonchev–Trinajstić information content (AvgIpc) is 2.25. The molecule has 0 radical (unpaired) electrons. The van der Waals surface area contributed by atoms with E-state index in [4.69, 9.17) is 5.73 Å². The van der Waals surface area contributed by atoms with E-state index in [1.165, 1.54) is 9.13 Å². The van der Waals surface area contributed by atoms with Crippen molar-refractivity contribution in [1.82, 2.24) is 0 Å². The van der Waals surface area contributed by atoms with Crippen LogP contribution in [0.2, 0.25) is 0 Å². The Kier molecular flexibility index (Phi) is 3.33. The van der Waals surface area contributed by atoms with Gasteiger partial charge in [-0.25, -0.2) is 0 Å². The zero-order chi connectivity index (χ0) is 11.5. The molecule has 0 spiro atoms. The molecule has 16 heavy (non-hydrogen) atoms. The van der Waals surface area contributed by atoms with Crippen molar-refractivity contribution in [1.29, 1.82) is 0 Å². The Labute approximate surface area is 109 Å². The monoisotopic (exact) mass is 324 g/mol. The quantitative estimate of drug-likeness (QED) is 0.649. The molecule has 2 rings (SSSR count). The fourth-order valence-corrected chi connectivity index (χ4v) is 2.14. The molecule has 0 aliphatic heterocycles. The molecule has 0 fully saturated rings. The van der Waals surface area contributed by atoms with E-state index >= 15 is 0 Å². The molecular formula is C13H13IN2. The highest BCUT2D eigenvalue weighted by atomic mass is 127. The summed E-state index contributed by atoms with van der Waals surface area (Å²) in [6.07, 6.45) is 0. The van der Waals surface area contributed by atoms with E-state index in [2.05, 4.69) is 53.0 Å². The highest BCUT2D eigenvalue weighted by Gasteiger charge is 1.99. The van der Waals surface area contributed by atoms with Crippen molar-refractivity contribution in [3.8, 4) is 0 Å². The summed E-state index contributed by atoms with van der Waals surface area (Å²) in [7, 11) is 0. The smallest absolute Gasteiger partial charge is 0.0414 e. The number of aryl methyl sites for hydroxylation is 1. The van der Waals surface area contributed by atoms with E-state index < -0.39 is 0 Å². The van der Waals surface area contributed by atoms with Crippen LogP contribution in [0.4, 0.5) is 17.1 Å². The number of anilines is 3. The lowest BCUT2D eigenvalue weighted by Crippen LogP contribution is -1.94. The lowest BCUT2D eigenvalue weighted by atomic mass is 10.2.